The fraction of sp³-hybridized carbons (Fsp3) is 0.250. The number of ether oxygens (including phenoxy) is 2. The Kier molecular flexibility index (Phi) is 4.10. The van der Waals surface area contributed by atoms with Crippen LogP contribution in [-0.4, -0.2) is 24.3 Å². The smallest absolute Gasteiger partial charge is 0.387 e. The zero-order valence-electron chi connectivity index (χ0n) is 12.2. The normalized spacial score (nSPS) is 11.3. The highest BCUT2D eigenvalue weighted by Gasteiger charge is 2.16. The minimum atomic E-state index is -2.88. The van der Waals surface area contributed by atoms with Crippen LogP contribution >= 0.6 is 0 Å². The van der Waals surface area contributed by atoms with Gasteiger partial charge in [0, 0.05) is 0 Å². The Balaban J connectivity index is 2.06. The first-order valence-corrected chi connectivity index (χ1v) is 7.00. The Labute approximate surface area is 129 Å². The molecule has 1 heterocycles. The number of rotatable bonds is 5. The first kappa shape index (κ1) is 15.2. The minimum Gasteiger partial charge on any atom is -0.466 e. The van der Waals surface area contributed by atoms with Crippen molar-refractivity contribution in [2.75, 3.05) is 6.61 Å². The Hall–Kier alpha value is -2.70. The Bertz CT molecular complexity index is 860. The van der Waals surface area contributed by atoms with Crippen LogP contribution < -0.4 is 4.74 Å². The van der Waals surface area contributed by atoms with Crippen molar-refractivity contribution in [3.8, 4) is 5.75 Å². The number of fused-ring (bicyclic) bond motifs is 3. The van der Waals surface area contributed by atoms with Gasteiger partial charge in [-0.15, -0.1) is 0 Å². The molecule has 3 aromatic rings. The monoisotopic (exact) mass is 321 g/mol. The van der Waals surface area contributed by atoms with E-state index >= 15 is 0 Å². The molecule has 2 aromatic carbocycles. The van der Waals surface area contributed by atoms with E-state index in [2.05, 4.69) is 9.89 Å². The molecule has 0 saturated heterocycles. The van der Waals surface area contributed by atoms with Crippen LogP contribution in [-0.2, 0) is 16.0 Å². The van der Waals surface area contributed by atoms with Crippen LogP contribution in [0.15, 0.2) is 34.9 Å². The van der Waals surface area contributed by atoms with Gasteiger partial charge in [-0.25, -0.2) is 0 Å². The van der Waals surface area contributed by atoms with Gasteiger partial charge in [0.1, 0.15) is 11.4 Å². The van der Waals surface area contributed by atoms with E-state index in [0.29, 0.717) is 22.0 Å². The predicted octanol–water partition coefficient (Wildman–Crippen LogP) is 3.69. The largest absolute Gasteiger partial charge is 0.466 e. The molecule has 5 nitrogen and oxygen atoms in total. The van der Waals surface area contributed by atoms with Gasteiger partial charge in [0.15, 0.2) is 5.58 Å². The maximum Gasteiger partial charge on any atom is 0.387 e. The van der Waals surface area contributed by atoms with E-state index in [1.54, 1.807) is 25.1 Å². The van der Waals surface area contributed by atoms with Crippen LogP contribution in [0, 0.1) is 0 Å². The molecule has 0 bridgehead atoms. The average molecular weight is 321 g/mol. The van der Waals surface area contributed by atoms with Gasteiger partial charge in [0.2, 0.25) is 0 Å². The average Bonchev–Trinajstić information content (AvgIpc) is 2.90. The second-order valence-electron chi connectivity index (χ2n) is 4.81. The lowest BCUT2D eigenvalue weighted by Gasteiger charge is -2.06. The van der Waals surface area contributed by atoms with Gasteiger partial charge in [0.25, 0.3) is 0 Å². The molecular weight excluding hydrogens is 308 g/mol. The van der Waals surface area contributed by atoms with Gasteiger partial charge in [-0.05, 0) is 42.0 Å². The second-order valence-corrected chi connectivity index (χ2v) is 4.81. The van der Waals surface area contributed by atoms with Crippen molar-refractivity contribution in [2.45, 2.75) is 20.0 Å². The summed E-state index contributed by atoms with van der Waals surface area (Å²) in [5.74, 6) is -0.340. The van der Waals surface area contributed by atoms with Crippen LogP contribution in [0.3, 0.4) is 0 Å². The number of aromatic nitrogens is 1. The zero-order chi connectivity index (χ0) is 16.4. The van der Waals surface area contributed by atoms with Crippen LogP contribution in [0.5, 0.6) is 5.75 Å². The van der Waals surface area contributed by atoms with E-state index in [9.17, 15) is 13.6 Å². The minimum absolute atomic E-state index is 0.0186. The number of hydrogen-bond donors (Lipinski definition) is 0. The topological polar surface area (TPSA) is 61.6 Å². The predicted molar refractivity (Wildman–Crippen MR) is 78.5 cm³/mol. The number of carbonyl (C=O) groups is 1. The SMILES string of the molecule is CCOC(=O)Cc1noc2ccc3cc(OC(F)F)ccc3c12. The van der Waals surface area contributed by atoms with Gasteiger partial charge in [-0.3, -0.25) is 4.79 Å². The lowest BCUT2D eigenvalue weighted by atomic mass is 10.0. The van der Waals surface area contributed by atoms with Crippen LogP contribution in [0.1, 0.15) is 12.6 Å². The molecule has 0 spiro atoms. The van der Waals surface area contributed by atoms with E-state index < -0.39 is 12.6 Å². The van der Waals surface area contributed by atoms with E-state index in [4.69, 9.17) is 9.26 Å². The molecule has 0 aliphatic heterocycles. The van der Waals surface area contributed by atoms with Gasteiger partial charge in [-0.2, -0.15) is 8.78 Å². The number of nitrogens with zero attached hydrogens (tertiary/aromatic N) is 1. The number of halogens is 2. The molecule has 3 rings (SSSR count). The van der Waals surface area contributed by atoms with Crippen LogP contribution in [0.4, 0.5) is 8.78 Å². The standard InChI is InChI=1S/C16H13F2NO4/c1-2-21-14(20)8-12-15-11-5-4-10(22-16(17)18)7-9(11)3-6-13(15)23-19-12/h3-7,16H,2,8H2,1H3. The summed E-state index contributed by atoms with van der Waals surface area (Å²) >= 11 is 0. The van der Waals surface area contributed by atoms with E-state index in [-0.39, 0.29) is 18.8 Å². The molecule has 0 aliphatic rings. The lowest BCUT2D eigenvalue weighted by molar-refractivity contribution is -0.142. The summed E-state index contributed by atoms with van der Waals surface area (Å²) < 4.78 is 39.1. The van der Waals surface area contributed by atoms with Crippen molar-refractivity contribution in [1.82, 2.24) is 5.16 Å². The summed E-state index contributed by atoms with van der Waals surface area (Å²) in [6, 6.07) is 7.97. The molecule has 0 atom stereocenters. The summed E-state index contributed by atoms with van der Waals surface area (Å²) in [5.41, 5.74) is 0.964. The number of hydrogen-bond acceptors (Lipinski definition) is 5. The fourth-order valence-electron chi connectivity index (χ4n) is 2.46. The molecule has 23 heavy (non-hydrogen) atoms. The van der Waals surface area contributed by atoms with E-state index in [0.717, 1.165) is 5.39 Å². The molecule has 1 aromatic heterocycles. The first-order chi connectivity index (χ1) is 11.1. The molecule has 7 heteroatoms. The summed E-state index contributed by atoms with van der Waals surface area (Å²) in [7, 11) is 0. The molecule has 120 valence electrons. The Morgan fingerprint density at radius 1 is 1.30 bits per heavy atom. The number of benzene rings is 2. The number of esters is 1. The van der Waals surface area contributed by atoms with Crippen molar-refractivity contribution < 1.29 is 27.6 Å². The van der Waals surface area contributed by atoms with Crippen molar-refractivity contribution in [3.05, 3.63) is 36.0 Å². The van der Waals surface area contributed by atoms with Crippen molar-refractivity contribution >= 4 is 27.7 Å². The van der Waals surface area contributed by atoms with Crippen molar-refractivity contribution in [2.24, 2.45) is 0 Å². The lowest BCUT2D eigenvalue weighted by Crippen LogP contribution is -2.07. The molecule has 0 saturated carbocycles. The van der Waals surface area contributed by atoms with Gasteiger partial charge in [-0.1, -0.05) is 11.2 Å². The molecule has 0 N–H and O–H groups in total. The molecule has 0 unspecified atom stereocenters. The highest BCUT2D eigenvalue weighted by Crippen LogP contribution is 2.31. The summed E-state index contributed by atoms with van der Waals surface area (Å²) in [4.78, 5) is 11.7. The Morgan fingerprint density at radius 2 is 2.13 bits per heavy atom. The van der Waals surface area contributed by atoms with Gasteiger partial charge in [0.05, 0.1) is 18.4 Å². The Morgan fingerprint density at radius 3 is 2.87 bits per heavy atom. The van der Waals surface area contributed by atoms with Crippen LogP contribution in [0.2, 0.25) is 0 Å². The first-order valence-electron chi connectivity index (χ1n) is 7.00. The summed E-state index contributed by atoms with van der Waals surface area (Å²) in [5, 5.41) is 6.00. The van der Waals surface area contributed by atoms with Crippen molar-refractivity contribution in [3.63, 3.8) is 0 Å². The maximum atomic E-state index is 12.3. The second kappa shape index (κ2) is 6.20. The highest BCUT2D eigenvalue weighted by molar-refractivity contribution is 6.07. The quantitative estimate of drug-likeness (QED) is 0.671. The van der Waals surface area contributed by atoms with E-state index in [1.165, 1.54) is 12.1 Å². The summed E-state index contributed by atoms with van der Waals surface area (Å²) in [6.45, 7) is -0.881. The molecular formula is C16H13F2NO4. The third-order valence-electron chi connectivity index (χ3n) is 3.34. The van der Waals surface area contributed by atoms with E-state index in [1.807, 2.05) is 0 Å². The summed E-state index contributed by atoms with van der Waals surface area (Å²) in [6.07, 6.45) is -0.0186. The molecule has 0 radical (unpaired) electrons. The maximum absolute atomic E-state index is 12.3. The van der Waals surface area contributed by atoms with Gasteiger partial charge >= 0.3 is 12.6 Å². The van der Waals surface area contributed by atoms with Crippen LogP contribution in [0.25, 0.3) is 21.7 Å². The number of alkyl halides is 2. The molecule has 0 aliphatic carbocycles. The molecule has 0 fully saturated rings. The third kappa shape index (κ3) is 3.08. The fourth-order valence-corrected chi connectivity index (χ4v) is 2.46. The zero-order valence-corrected chi connectivity index (χ0v) is 12.2. The highest BCUT2D eigenvalue weighted by atomic mass is 19.3. The van der Waals surface area contributed by atoms with Gasteiger partial charge < -0.3 is 14.0 Å². The number of carbonyl (C=O) groups excluding carboxylic acids is 1. The van der Waals surface area contributed by atoms with Crippen molar-refractivity contribution in [1.29, 1.82) is 0 Å². The third-order valence-corrected chi connectivity index (χ3v) is 3.34. The molecule has 0 amide bonds.